The molecule has 1 heterocycles. The molecule has 1 rings (SSSR count). The molecule has 16 heavy (non-hydrogen) atoms. The number of hydrogen-bond donors (Lipinski definition) is 1. The lowest BCUT2D eigenvalue weighted by atomic mass is 10.1. The van der Waals surface area contributed by atoms with E-state index in [0.29, 0.717) is 0 Å². The Morgan fingerprint density at radius 2 is 2.19 bits per heavy atom. The average Bonchev–Trinajstić information content (AvgIpc) is 2.70. The first-order chi connectivity index (χ1) is 7.57. The van der Waals surface area contributed by atoms with Gasteiger partial charge in [0.15, 0.2) is 17.3 Å². The Bertz CT molecular complexity index is 414. The highest BCUT2D eigenvalue weighted by Gasteiger charge is 2.23. The van der Waals surface area contributed by atoms with Gasteiger partial charge in [0.2, 0.25) is 0 Å². The number of rotatable bonds is 4. The van der Waals surface area contributed by atoms with Gasteiger partial charge in [-0.05, 0) is 26.0 Å². The standard InChI is InChI=1S/C11H12O5/c1-3-15-11(14)9(7(2)12)10(13)8-5-4-6-16-8/h4-6,13H,3H2,1-2H3/b10-9-. The molecule has 0 aliphatic heterocycles. The quantitative estimate of drug-likeness (QED) is 0.277. The summed E-state index contributed by atoms with van der Waals surface area (Å²) < 4.78 is 9.55. The first-order valence-corrected chi connectivity index (χ1v) is 4.73. The molecule has 0 aliphatic rings. The Hall–Kier alpha value is -2.04. The van der Waals surface area contributed by atoms with Gasteiger partial charge in [-0.1, -0.05) is 0 Å². The van der Waals surface area contributed by atoms with Crippen molar-refractivity contribution in [2.75, 3.05) is 6.61 Å². The van der Waals surface area contributed by atoms with Crippen LogP contribution in [0.1, 0.15) is 19.6 Å². The second-order valence-corrected chi connectivity index (χ2v) is 2.98. The minimum atomic E-state index is -0.857. The molecule has 0 bridgehead atoms. The number of Topliss-reactive ketones (excluding diaryl/α,β-unsaturated/α-hetero) is 1. The Balaban J connectivity index is 3.15. The molecule has 0 saturated carbocycles. The van der Waals surface area contributed by atoms with Crippen LogP contribution in [0.2, 0.25) is 0 Å². The first kappa shape index (κ1) is 12.0. The van der Waals surface area contributed by atoms with Crippen LogP contribution in [0.3, 0.4) is 0 Å². The predicted octanol–water partition coefficient (Wildman–Crippen LogP) is 1.70. The lowest BCUT2D eigenvalue weighted by molar-refractivity contribution is -0.139. The van der Waals surface area contributed by atoms with Crippen molar-refractivity contribution < 1.29 is 23.8 Å². The monoisotopic (exact) mass is 224 g/mol. The average molecular weight is 224 g/mol. The normalized spacial score (nSPS) is 11.9. The van der Waals surface area contributed by atoms with Crippen LogP contribution in [0.5, 0.6) is 0 Å². The van der Waals surface area contributed by atoms with Crippen molar-refractivity contribution in [3.63, 3.8) is 0 Å². The number of esters is 1. The summed E-state index contributed by atoms with van der Waals surface area (Å²) in [6.45, 7) is 2.91. The SMILES string of the molecule is CCOC(=O)/C(C(C)=O)=C(\O)c1ccco1. The fourth-order valence-corrected chi connectivity index (χ4v) is 1.15. The van der Waals surface area contributed by atoms with Gasteiger partial charge in [0.25, 0.3) is 0 Å². The summed E-state index contributed by atoms with van der Waals surface area (Å²) in [5.41, 5.74) is -0.406. The van der Waals surface area contributed by atoms with Gasteiger partial charge in [-0.15, -0.1) is 0 Å². The zero-order valence-electron chi connectivity index (χ0n) is 9.02. The molecule has 0 aliphatic carbocycles. The van der Waals surface area contributed by atoms with Crippen molar-refractivity contribution in [3.8, 4) is 0 Å². The molecule has 5 nitrogen and oxygen atoms in total. The summed E-state index contributed by atoms with van der Waals surface area (Å²) in [6, 6.07) is 2.98. The van der Waals surface area contributed by atoms with E-state index in [9.17, 15) is 14.7 Å². The summed E-state index contributed by atoms with van der Waals surface area (Å²) in [5, 5.41) is 9.70. The smallest absolute Gasteiger partial charge is 0.345 e. The zero-order valence-corrected chi connectivity index (χ0v) is 9.02. The van der Waals surface area contributed by atoms with E-state index in [0.717, 1.165) is 0 Å². The third-order valence-corrected chi connectivity index (χ3v) is 1.82. The number of hydrogen-bond acceptors (Lipinski definition) is 5. The van der Waals surface area contributed by atoms with Crippen LogP contribution < -0.4 is 0 Å². The van der Waals surface area contributed by atoms with Crippen molar-refractivity contribution in [1.82, 2.24) is 0 Å². The van der Waals surface area contributed by atoms with E-state index in [-0.39, 0.29) is 12.4 Å². The Morgan fingerprint density at radius 1 is 1.50 bits per heavy atom. The van der Waals surface area contributed by atoms with Gasteiger partial charge in [0.05, 0.1) is 12.9 Å². The van der Waals surface area contributed by atoms with Gasteiger partial charge in [0, 0.05) is 0 Å². The van der Waals surface area contributed by atoms with Gasteiger partial charge in [-0.3, -0.25) is 4.79 Å². The maximum Gasteiger partial charge on any atom is 0.345 e. The van der Waals surface area contributed by atoms with Gasteiger partial charge in [0.1, 0.15) is 5.57 Å². The van der Waals surface area contributed by atoms with Gasteiger partial charge in [-0.2, -0.15) is 0 Å². The van der Waals surface area contributed by atoms with Crippen LogP contribution in [-0.4, -0.2) is 23.5 Å². The van der Waals surface area contributed by atoms with E-state index in [1.807, 2.05) is 0 Å². The zero-order chi connectivity index (χ0) is 12.1. The summed E-state index contributed by atoms with van der Waals surface area (Å²) in [7, 11) is 0. The molecule has 0 fully saturated rings. The number of aliphatic hydroxyl groups excluding tert-OH is 1. The molecule has 0 radical (unpaired) electrons. The topological polar surface area (TPSA) is 76.7 Å². The third kappa shape index (κ3) is 2.50. The first-order valence-electron chi connectivity index (χ1n) is 4.73. The van der Waals surface area contributed by atoms with E-state index in [2.05, 4.69) is 4.74 Å². The molecule has 0 atom stereocenters. The van der Waals surface area contributed by atoms with Crippen LogP contribution in [0.4, 0.5) is 0 Å². The Kier molecular flexibility index (Phi) is 3.88. The molecule has 1 aromatic heterocycles. The number of carbonyl (C=O) groups is 2. The molecule has 5 heteroatoms. The second kappa shape index (κ2) is 5.16. The second-order valence-electron chi connectivity index (χ2n) is 2.98. The summed E-state index contributed by atoms with van der Waals surface area (Å²) in [6.07, 6.45) is 1.33. The Morgan fingerprint density at radius 3 is 2.62 bits per heavy atom. The van der Waals surface area contributed by atoms with Crippen molar-refractivity contribution in [2.24, 2.45) is 0 Å². The van der Waals surface area contributed by atoms with Gasteiger partial charge >= 0.3 is 5.97 Å². The molecule has 0 unspecified atom stereocenters. The highest BCUT2D eigenvalue weighted by molar-refractivity contribution is 6.20. The van der Waals surface area contributed by atoms with Crippen LogP contribution in [-0.2, 0) is 14.3 Å². The molecular formula is C11H12O5. The highest BCUT2D eigenvalue weighted by Crippen LogP contribution is 2.18. The molecule has 0 spiro atoms. The van der Waals surface area contributed by atoms with Crippen LogP contribution in [0.15, 0.2) is 28.4 Å². The number of ether oxygens (including phenoxy) is 1. The molecule has 0 amide bonds. The largest absolute Gasteiger partial charge is 0.504 e. The molecule has 1 aromatic rings. The molecular weight excluding hydrogens is 212 g/mol. The van der Waals surface area contributed by atoms with Crippen molar-refractivity contribution >= 4 is 17.5 Å². The summed E-state index contributed by atoms with van der Waals surface area (Å²) in [4.78, 5) is 22.7. The molecule has 86 valence electrons. The van der Waals surface area contributed by atoms with Crippen LogP contribution >= 0.6 is 0 Å². The van der Waals surface area contributed by atoms with Crippen LogP contribution in [0.25, 0.3) is 5.76 Å². The lowest BCUT2D eigenvalue weighted by Crippen LogP contribution is -2.15. The van der Waals surface area contributed by atoms with Crippen molar-refractivity contribution in [1.29, 1.82) is 0 Å². The maximum absolute atomic E-state index is 11.4. The van der Waals surface area contributed by atoms with E-state index >= 15 is 0 Å². The van der Waals surface area contributed by atoms with E-state index in [1.54, 1.807) is 6.92 Å². The predicted molar refractivity (Wildman–Crippen MR) is 55.6 cm³/mol. The van der Waals surface area contributed by atoms with Crippen LogP contribution in [0, 0.1) is 0 Å². The summed E-state index contributed by atoms with van der Waals surface area (Å²) >= 11 is 0. The highest BCUT2D eigenvalue weighted by atomic mass is 16.5. The van der Waals surface area contributed by atoms with E-state index in [1.165, 1.54) is 25.3 Å². The minimum Gasteiger partial charge on any atom is -0.504 e. The summed E-state index contributed by atoms with van der Waals surface area (Å²) in [5.74, 6) is -1.88. The fraction of sp³-hybridized carbons (Fsp3) is 0.273. The number of aliphatic hydroxyl groups is 1. The lowest BCUT2D eigenvalue weighted by Gasteiger charge is -2.05. The Labute approximate surface area is 92.3 Å². The number of ketones is 1. The number of carbonyl (C=O) groups excluding carboxylic acids is 2. The molecule has 0 saturated heterocycles. The van der Waals surface area contributed by atoms with Crippen molar-refractivity contribution in [2.45, 2.75) is 13.8 Å². The number of furan rings is 1. The van der Waals surface area contributed by atoms with Crippen molar-refractivity contribution in [3.05, 3.63) is 29.7 Å². The maximum atomic E-state index is 11.4. The molecule has 0 aromatic carbocycles. The molecule has 1 N–H and O–H groups in total. The van der Waals surface area contributed by atoms with E-state index < -0.39 is 23.1 Å². The van der Waals surface area contributed by atoms with E-state index in [4.69, 9.17) is 4.42 Å². The van der Waals surface area contributed by atoms with Gasteiger partial charge < -0.3 is 14.3 Å². The third-order valence-electron chi connectivity index (χ3n) is 1.82. The minimum absolute atomic E-state index is 0.0539. The van der Waals surface area contributed by atoms with Gasteiger partial charge in [-0.25, -0.2) is 4.79 Å². The fourth-order valence-electron chi connectivity index (χ4n) is 1.15.